The van der Waals surface area contributed by atoms with Gasteiger partial charge in [0.1, 0.15) is 0 Å². The lowest BCUT2D eigenvalue weighted by molar-refractivity contribution is -0.137. The minimum Gasteiger partial charge on any atom is -0.493 e. The van der Waals surface area contributed by atoms with Crippen molar-refractivity contribution in [3.05, 3.63) is 23.8 Å². The van der Waals surface area contributed by atoms with Gasteiger partial charge < -0.3 is 19.3 Å². The molecule has 164 valence electrons. The highest BCUT2D eigenvalue weighted by Gasteiger charge is 2.37. The Kier molecular flexibility index (Phi) is 6.46. The monoisotopic (exact) mass is 415 g/mol. The van der Waals surface area contributed by atoms with Crippen molar-refractivity contribution in [1.82, 2.24) is 14.7 Å². The minimum absolute atomic E-state index is 0.0844. The quantitative estimate of drug-likeness (QED) is 0.646. The Morgan fingerprint density at radius 2 is 1.80 bits per heavy atom. The summed E-state index contributed by atoms with van der Waals surface area (Å²) in [6.45, 7) is 5.86. The van der Waals surface area contributed by atoms with Crippen molar-refractivity contribution in [3.8, 4) is 11.5 Å². The summed E-state index contributed by atoms with van der Waals surface area (Å²) in [5, 5.41) is 0. The van der Waals surface area contributed by atoms with Gasteiger partial charge in [0.15, 0.2) is 11.5 Å². The van der Waals surface area contributed by atoms with Gasteiger partial charge >= 0.3 is 0 Å². The van der Waals surface area contributed by atoms with Gasteiger partial charge in [-0.3, -0.25) is 14.5 Å². The zero-order valence-corrected chi connectivity index (χ0v) is 18.1. The van der Waals surface area contributed by atoms with Crippen LogP contribution in [0.3, 0.4) is 0 Å². The van der Waals surface area contributed by atoms with E-state index in [1.54, 1.807) is 14.2 Å². The molecule has 0 bridgehead atoms. The molecule has 3 aliphatic rings. The first-order valence-electron chi connectivity index (χ1n) is 11.1. The number of rotatable bonds is 8. The number of hydrogen-bond acceptors (Lipinski definition) is 5. The summed E-state index contributed by atoms with van der Waals surface area (Å²) >= 11 is 0. The molecular weight excluding hydrogens is 382 g/mol. The van der Waals surface area contributed by atoms with Crippen LogP contribution in [0.25, 0.3) is 0 Å². The van der Waals surface area contributed by atoms with Crippen LogP contribution in [-0.4, -0.2) is 86.5 Å². The van der Waals surface area contributed by atoms with Gasteiger partial charge in [-0.1, -0.05) is 6.07 Å². The largest absolute Gasteiger partial charge is 0.493 e. The number of nitrogens with zero attached hydrogens (tertiary/aromatic N) is 3. The van der Waals surface area contributed by atoms with Crippen LogP contribution >= 0.6 is 0 Å². The molecule has 7 nitrogen and oxygen atoms in total. The molecule has 2 amide bonds. The molecule has 1 aromatic carbocycles. The third kappa shape index (κ3) is 4.89. The Labute approximate surface area is 178 Å². The summed E-state index contributed by atoms with van der Waals surface area (Å²) in [6.07, 6.45) is 3.80. The fourth-order valence-electron chi connectivity index (χ4n) is 4.53. The van der Waals surface area contributed by atoms with E-state index in [0.717, 1.165) is 44.1 Å². The molecule has 1 atom stereocenters. The molecule has 0 aromatic heterocycles. The van der Waals surface area contributed by atoms with Gasteiger partial charge in [-0.2, -0.15) is 0 Å². The van der Waals surface area contributed by atoms with Crippen molar-refractivity contribution < 1.29 is 19.1 Å². The normalized spacial score (nSPS) is 22.5. The Bertz CT molecular complexity index is 772. The number of amides is 2. The predicted octanol–water partition coefficient (Wildman–Crippen LogP) is 1.65. The van der Waals surface area contributed by atoms with Crippen LogP contribution in [0, 0.1) is 11.8 Å². The number of benzene rings is 1. The third-order valence-electron chi connectivity index (χ3n) is 6.58. The summed E-state index contributed by atoms with van der Waals surface area (Å²) in [5.41, 5.74) is 1.09. The van der Waals surface area contributed by atoms with E-state index in [1.165, 1.54) is 19.4 Å². The highest BCUT2D eigenvalue weighted by molar-refractivity contribution is 5.89. The van der Waals surface area contributed by atoms with E-state index < -0.39 is 0 Å². The van der Waals surface area contributed by atoms with Crippen LogP contribution < -0.4 is 9.47 Å². The molecule has 3 fully saturated rings. The molecule has 1 aromatic rings. The van der Waals surface area contributed by atoms with Crippen LogP contribution in [0.15, 0.2) is 18.2 Å². The number of ether oxygens (including phenoxy) is 2. The third-order valence-corrected chi connectivity index (χ3v) is 6.58. The second kappa shape index (κ2) is 9.25. The summed E-state index contributed by atoms with van der Waals surface area (Å²) in [4.78, 5) is 31.7. The highest BCUT2D eigenvalue weighted by Crippen LogP contribution is 2.30. The van der Waals surface area contributed by atoms with Gasteiger partial charge in [-0.25, -0.2) is 0 Å². The molecule has 0 N–H and O–H groups in total. The maximum absolute atomic E-state index is 13.0. The number of hydrogen-bond donors (Lipinski definition) is 0. The summed E-state index contributed by atoms with van der Waals surface area (Å²) in [7, 11) is 3.23. The SMILES string of the molecule is COc1ccc(CCN2CC(C(=O)N3CCN(CC4CC4)CC3)CC2=O)cc1OC. The first kappa shape index (κ1) is 21.0. The second-order valence-electron chi connectivity index (χ2n) is 8.75. The maximum Gasteiger partial charge on any atom is 0.228 e. The second-order valence-corrected chi connectivity index (χ2v) is 8.75. The molecule has 2 saturated heterocycles. The molecular formula is C23H33N3O4. The summed E-state index contributed by atoms with van der Waals surface area (Å²) in [5.74, 6) is 2.32. The molecule has 4 rings (SSSR count). The standard InChI is InChI=1S/C23H33N3O4/c1-29-20-6-5-17(13-21(20)30-2)7-8-26-16-19(14-22(26)27)23(28)25-11-9-24(10-12-25)15-18-3-4-18/h5-6,13,18-19H,3-4,7-12,14-16H2,1-2H3. The Morgan fingerprint density at radius 3 is 2.47 bits per heavy atom. The van der Waals surface area contributed by atoms with Crippen LogP contribution in [-0.2, 0) is 16.0 Å². The number of carbonyl (C=O) groups is 2. The summed E-state index contributed by atoms with van der Waals surface area (Å²) < 4.78 is 10.6. The number of methoxy groups -OCH3 is 2. The van der Waals surface area contributed by atoms with Gasteiger partial charge in [0.05, 0.1) is 20.1 Å². The van der Waals surface area contributed by atoms with Crippen LogP contribution in [0.1, 0.15) is 24.8 Å². The zero-order chi connectivity index (χ0) is 21.1. The van der Waals surface area contributed by atoms with E-state index in [0.29, 0.717) is 31.0 Å². The van der Waals surface area contributed by atoms with E-state index in [4.69, 9.17) is 9.47 Å². The van der Waals surface area contributed by atoms with E-state index in [1.807, 2.05) is 28.0 Å². The number of likely N-dealkylation sites (tertiary alicyclic amines) is 1. The lowest BCUT2D eigenvalue weighted by Gasteiger charge is -2.36. The average Bonchev–Trinajstić information content (AvgIpc) is 3.51. The van der Waals surface area contributed by atoms with Crippen molar-refractivity contribution in [2.75, 3.05) is 60.0 Å². The van der Waals surface area contributed by atoms with Gasteiger partial charge in [0.2, 0.25) is 11.8 Å². The molecule has 2 heterocycles. The minimum atomic E-state index is -0.196. The topological polar surface area (TPSA) is 62.3 Å². The first-order valence-corrected chi connectivity index (χ1v) is 11.1. The van der Waals surface area contributed by atoms with Crippen LogP contribution in [0.4, 0.5) is 0 Å². The molecule has 0 spiro atoms. The highest BCUT2D eigenvalue weighted by atomic mass is 16.5. The van der Waals surface area contributed by atoms with Crippen molar-refractivity contribution >= 4 is 11.8 Å². The van der Waals surface area contributed by atoms with Gasteiger partial charge in [-0.05, 0) is 42.9 Å². The Hall–Kier alpha value is -2.28. The molecule has 1 saturated carbocycles. The number of piperazine rings is 1. The van der Waals surface area contributed by atoms with Crippen molar-refractivity contribution in [2.45, 2.75) is 25.7 Å². The average molecular weight is 416 g/mol. The first-order chi connectivity index (χ1) is 14.6. The lowest BCUT2D eigenvalue weighted by atomic mass is 10.1. The van der Waals surface area contributed by atoms with E-state index in [-0.39, 0.29) is 17.7 Å². The molecule has 7 heteroatoms. The predicted molar refractivity (Wildman–Crippen MR) is 114 cm³/mol. The fourth-order valence-corrected chi connectivity index (χ4v) is 4.53. The van der Waals surface area contributed by atoms with Crippen LogP contribution in [0.5, 0.6) is 11.5 Å². The lowest BCUT2D eigenvalue weighted by Crippen LogP contribution is -2.51. The maximum atomic E-state index is 13.0. The Morgan fingerprint density at radius 1 is 1.07 bits per heavy atom. The molecule has 1 aliphatic carbocycles. The van der Waals surface area contributed by atoms with Gasteiger partial charge in [-0.15, -0.1) is 0 Å². The summed E-state index contributed by atoms with van der Waals surface area (Å²) in [6, 6.07) is 5.82. The Balaban J connectivity index is 1.26. The molecule has 0 radical (unpaired) electrons. The van der Waals surface area contributed by atoms with E-state index in [9.17, 15) is 9.59 Å². The van der Waals surface area contributed by atoms with Crippen molar-refractivity contribution in [1.29, 1.82) is 0 Å². The van der Waals surface area contributed by atoms with E-state index in [2.05, 4.69) is 4.90 Å². The number of carbonyl (C=O) groups excluding carboxylic acids is 2. The van der Waals surface area contributed by atoms with Crippen molar-refractivity contribution in [2.24, 2.45) is 11.8 Å². The molecule has 1 unspecified atom stereocenters. The van der Waals surface area contributed by atoms with E-state index >= 15 is 0 Å². The van der Waals surface area contributed by atoms with Gasteiger partial charge in [0.25, 0.3) is 0 Å². The van der Waals surface area contributed by atoms with Crippen LogP contribution in [0.2, 0.25) is 0 Å². The molecule has 2 aliphatic heterocycles. The molecule has 30 heavy (non-hydrogen) atoms. The fraction of sp³-hybridized carbons (Fsp3) is 0.652. The smallest absolute Gasteiger partial charge is 0.228 e. The zero-order valence-electron chi connectivity index (χ0n) is 18.1. The van der Waals surface area contributed by atoms with Crippen molar-refractivity contribution in [3.63, 3.8) is 0 Å². The van der Waals surface area contributed by atoms with Gasteiger partial charge in [0, 0.05) is 52.2 Å².